The van der Waals surface area contributed by atoms with E-state index >= 15 is 0 Å². The van der Waals surface area contributed by atoms with E-state index in [4.69, 9.17) is 4.74 Å². The number of rotatable bonds is 5. The van der Waals surface area contributed by atoms with Crippen molar-refractivity contribution in [2.24, 2.45) is 0 Å². The highest BCUT2D eigenvalue weighted by atomic mass is 79.9. The lowest BCUT2D eigenvalue weighted by molar-refractivity contribution is -0.125. The van der Waals surface area contributed by atoms with Gasteiger partial charge in [0.1, 0.15) is 11.9 Å². The third kappa shape index (κ3) is 3.60. The number of ether oxygens (including phenoxy) is 1. The van der Waals surface area contributed by atoms with Gasteiger partial charge in [-0.1, -0.05) is 15.9 Å². The van der Waals surface area contributed by atoms with E-state index in [0.717, 1.165) is 10.0 Å². The molecule has 7 heteroatoms. The summed E-state index contributed by atoms with van der Waals surface area (Å²) in [4.78, 5) is 0. The monoisotopic (exact) mass is 341 g/mol. The van der Waals surface area contributed by atoms with Gasteiger partial charge in [-0.3, -0.25) is 0 Å². The van der Waals surface area contributed by atoms with Gasteiger partial charge in [0.2, 0.25) is 0 Å². The highest BCUT2D eigenvalue weighted by Crippen LogP contribution is 2.31. The Hall–Kier alpha value is -0.820. The molecule has 1 heterocycles. The second-order valence-electron chi connectivity index (χ2n) is 4.39. The average Bonchev–Trinajstić information content (AvgIpc) is 2.70. The van der Waals surface area contributed by atoms with Gasteiger partial charge in [-0.2, -0.15) is 8.78 Å². The van der Waals surface area contributed by atoms with Crippen molar-refractivity contribution < 1.29 is 22.3 Å². The maximum Gasteiger partial charge on any atom is 0.319 e. The highest BCUT2D eigenvalue weighted by molar-refractivity contribution is 9.10. The minimum Gasteiger partial charge on any atom is -0.488 e. The molecule has 0 saturated heterocycles. The third-order valence-corrected chi connectivity index (χ3v) is 3.31. The molecule has 1 aliphatic heterocycles. The van der Waals surface area contributed by atoms with E-state index in [9.17, 15) is 17.6 Å². The Balaban J connectivity index is 1.81. The lowest BCUT2D eigenvalue weighted by Gasteiger charge is -2.17. The Bertz CT molecular complexity index is 455. The number of hydrogen-bond donors (Lipinski definition) is 1. The fourth-order valence-corrected chi connectivity index (χ4v) is 2.29. The summed E-state index contributed by atoms with van der Waals surface area (Å²) < 4.78 is 55.7. The van der Waals surface area contributed by atoms with Gasteiger partial charge < -0.3 is 10.1 Å². The first-order chi connectivity index (χ1) is 8.88. The van der Waals surface area contributed by atoms with E-state index in [1.807, 2.05) is 12.1 Å². The van der Waals surface area contributed by atoms with Gasteiger partial charge in [0.05, 0.1) is 6.54 Å². The van der Waals surface area contributed by atoms with Crippen molar-refractivity contribution in [2.45, 2.75) is 24.9 Å². The van der Waals surface area contributed by atoms with Crippen molar-refractivity contribution >= 4 is 15.9 Å². The summed E-state index contributed by atoms with van der Waals surface area (Å²) >= 11 is 3.33. The van der Waals surface area contributed by atoms with Crippen LogP contribution in [0.1, 0.15) is 5.56 Å². The molecule has 19 heavy (non-hydrogen) atoms. The molecule has 2 rings (SSSR count). The quantitative estimate of drug-likeness (QED) is 0.830. The Morgan fingerprint density at radius 2 is 2.16 bits per heavy atom. The zero-order chi connectivity index (χ0) is 14.0. The van der Waals surface area contributed by atoms with Gasteiger partial charge in [0.25, 0.3) is 0 Å². The number of halogens is 5. The minimum absolute atomic E-state index is 0.106. The van der Waals surface area contributed by atoms with Crippen LogP contribution < -0.4 is 10.1 Å². The predicted octanol–water partition coefficient (Wildman–Crippen LogP) is 3.24. The smallest absolute Gasteiger partial charge is 0.319 e. The molecule has 0 radical (unpaired) electrons. The molecule has 0 aliphatic carbocycles. The maximum atomic E-state index is 12.7. The fourth-order valence-electron chi connectivity index (χ4n) is 1.88. The van der Waals surface area contributed by atoms with Gasteiger partial charge in [0.15, 0.2) is 0 Å². The number of nitrogens with one attached hydrogen (secondary N) is 1. The van der Waals surface area contributed by atoms with E-state index in [-0.39, 0.29) is 12.6 Å². The van der Waals surface area contributed by atoms with Crippen LogP contribution in [0.5, 0.6) is 5.75 Å². The zero-order valence-corrected chi connectivity index (χ0v) is 11.4. The van der Waals surface area contributed by atoms with Crippen LogP contribution in [0.3, 0.4) is 0 Å². The first-order valence-corrected chi connectivity index (χ1v) is 6.49. The summed E-state index contributed by atoms with van der Waals surface area (Å²) in [5.41, 5.74) is 0.974. The largest absolute Gasteiger partial charge is 0.488 e. The van der Waals surface area contributed by atoms with Crippen LogP contribution in [0.2, 0.25) is 0 Å². The maximum absolute atomic E-state index is 12.7. The van der Waals surface area contributed by atoms with Crippen LogP contribution in [0, 0.1) is 0 Å². The molecule has 1 N–H and O–H groups in total. The molecule has 106 valence electrons. The van der Waals surface area contributed by atoms with Gasteiger partial charge in [0, 0.05) is 17.4 Å². The topological polar surface area (TPSA) is 21.3 Å². The molecule has 0 spiro atoms. The van der Waals surface area contributed by atoms with Crippen LogP contribution in [0.4, 0.5) is 17.6 Å². The molecule has 1 aliphatic rings. The van der Waals surface area contributed by atoms with E-state index < -0.39 is 18.9 Å². The van der Waals surface area contributed by atoms with Gasteiger partial charge >= 0.3 is 12.3 Å². The number of benzene rings is 1. The Morgan fingerprint density at radius 3 is 2.84 bits per heavy atom. The molecule has 1 unspecified atom stereocenters. The predicted molar refractivity (Wildman–Crippen MR) is 66.1 cm³/mol. The molecule has 1 aromatic rings. The summed E-state index contributed by atoms with van der Waals surface area (Å²) in [5, 5.41) is 2.33. The molecule has 0 fully saturated rings. The number of fused-ring (bicyclic) bond motifs is 1. The summed E-state index contributed by atoms with van der Waals surface area (Å²) in [6.07, 6.45) is -3.39. The Morgan fingerprint density at radius 1 is 1.42 bits per heavy atom. The summed E-state index contributed by atoms with van der Waals surface area (Å²) in [7, 11) is 0. The van der Waals surface area contributed by atoms with Gasteiger partial charge in [-0.25, -0.2) is 8.78 Å². The number of alkyl halides is 4. The van der Waals surface area contributed by atoms with Crippen LogP contribution >= 0.6 is 15.9 Å². The molecule has 0 bridgehead atoms. The molecule has 0 saturated carbocycles. The van der Waals surface area contributed by atoms with E-state index in [1.165, 1.54) is 0 Å². The normalized spacial score (nSPS) is 18.5. The second-order valence-corrected chi connectivity index (χ2v) is 5.30. The first kappa shape index (κ1) is 14.6. The summed E-state index contributed by atoms with van der Waals surface area (Å²) in [6.45, 7) is -0.945. The van der Waals surface area contributed by atoms with Crippen LogP contribution in [-0.2, 0) is 6.42 Å². The minimum atomic E-state index is -4.01. The Labute approximate surface area is 116 Å². The van der Waals surface area contributed by atoms with Crippen molar-refractivity contribution in [1.29, 1.82) is 0 Å². The van der Waals surface area contributed by atoms with Crippen molar-refractivity contribution in [1.82, 2.24) is 5.32 Å². The van der Waals surface area contributed by atoms with E-state index in [2.05, 4.69) is 21.2 Å². The summed E-state index contributed by atoms with van der Waals surface area (Å²) in [6, 6.07) is 5.50. The van der Waals surface area contributed by atoms with Crippen molar-refractivity contribution in [3.63, 3.8) is 0 Å². The fraction of sp³-hybridized carbons (Fsp3) is 0.500. The SMILES string of the molecule is FC(F)C(F)(F)CNCC1Cc2cc(Br)ccc2O1. The van der Waals surface area contributed by atoms with E-state index in [0.29, 0.717) is 12.2 Å². The Kier molecular flexibility index (Phi) is 4.35. The highest BCUT2D eigenvalue weighted by Gasteiger charge is 2.40. The molecular weight excluding hydrogens is 330 g/mol. The molecule has 1 aromatic carbocycles. The van der Waals surface area contributed by atoms with Crippen LogP contribution in [-0.4, -0.2) is 31.5 Å². The van der Waals surface area contributed by atoms with E-state index in [1.54, 1.807) is 6.07 Å². The van der Waals surface area contributed by atoms with Crippen molar-refractivity contribution in [3.8, 4) is 5.75 Å². The lowest BCUT2D eigenvalue weighted by atomic mass is 10.1. The standard InChI is InChI=1S/C12H12BrF4NO/c13-8-1-2-10-7(3-8)4-9(19-10)5-18-6-12(16,17)11(14)15/h1-3,9,11,18H,4-6H2. The molecule has 0 amide bonds. The third-order valence-electron chi connectivity index (χ3n) is 2.82. The van der Waals surface area contributed by atoms with Gasteiger partial charge in [-0.05, 0) is 23.8 Å². The van der Waals surface area contributed by atoms with Gasteiger partial charge in [-0.15, -0.1) is 0 Å². The van der Waals surface area contributed by atoms with Crippen molar-refractivity contribution in [3.05, 3.63) is 28.2 Å². The average molecular weight is 342 g/mol. The van der Waals surface area contributed by atoms with Crippen LogP contribution in [0.25, 0.3) is 0 Å². The summed E-state index contributed by atoms with van der Waals surface area (Å²) in [5.74, 6) is -3.30. The molecular formula is C12H12BrF4NO. The van der Waals surface area contributed by atoms with Crippen LogP contribution in [0.15, 0.2) is 22.7 Å². The number of hydrogen-bond acceptors (Lipinski definition) is 2. The molecule has 1 atom stereocenters. The lowest BCUT2D eigenvalue weighted by Crippen LogP contribution is -2.42. The molecule has 2 nitrogen and oxygen atoms in total. The molecule has 0 aromatic heterocycles. The zero-order valence-electron chi connectivity index (χ0n) is 9.81. The second kappa shape index (κ2) is 5.66. The first-order valence-electron chi connectivity index (χ1n) is 5.70. The van der Waals surface area contributed by atoms with Crippen molar-refractivity contribution in [2.75, 3.05) is 13.1 Å².